The van der Waals surface area contributed by atoms with E-state index in [2.05, 4.69) is 44.2 Å². The first kappa shape index (κ1) is 23.0. The van der Waals surface area contributed by atoms with Gasteiger partial charge in [-0.3, -0.25) is 9.88 Å². The van der Waals surface area contributed by atoms with E-state index in [1.54, 1.807) is 6.07 Å². The minimum Gasteiger partial charge on any atom is -0.298 e. The van der Waals surface area contributed by atoms with Crippen molar-refractivity contribution >= 4 is 0 Å². The van der Waals surface area contributed by atoms with Gasteiger partial charge < -0.3 is 0 Å². The van der Waals surface area contributed by atoms with Crippen molar-refractivity contribution in [3.63, 3.8) is 0 Å². The summed E-state index contributed by atoms with van der Waals surface area (Å²) in [5.74, 6) is 0. The van der Waals surface area contributed by atoms with Crippen molar-refractivity contribution in [3.8, 4) is 11.3 Å². The molecule has 0 aliphatic rings. The molecule has 0 unspecified atom stereocenters. The van der Waals surface area contributed by atoms with Gasteiger partial charge in [-0.05, 0) is 61.2 Å². The average molecular weight is 427 g/mol. The van der Waals surface area contributed by atoms with E-state index >= 15 is 0 Å². The van der Waals surface area contributed by atoms with Gasteiger partial charge in [-0.25, -0.2) is 0 Å². The van der Waals surface area contributed by atoms with Crippen LogP contribution >= 0.6 is 0 Å². The van der Waals surface area contributed by atoms with Crippen LogP contribution in [0.1, 0.15) is 47.4 Å². The molecule has 0 fully saturated rings. The monoisotopic (exact) mass is 426 g/mol. The van der Waals surface area contributed by atoms with Gasteiger partial charge in [0.1, 0.15) is 0 Å². The molecule has 5 heteroatoms. The van der Waals surface area contributed by atoms with Gasteiger partial charge in [-0.1, -0.05) is 56.3 Å². The number of hydrogen-bond donors (Lipinski definition) is 0. The number of rotatable bonds is 7. The maximum absolute atomic E-state index is 13.0. The molecule has 0 saturated heterocycles. The Balaban J connectivity index is 1.79. The molecular weight excluding hydrogens is 397 g/mol. The molecule has 3 aromatic rings. The molecule has 164 valence electrons. The Morgan fingerprint density at radius 2 is 1.48 bits per heavy atom. The largest absolute Gasteiger partial charge is 0.416 e. The fraction of sp³-hybridized carbons (Fsp3) is 0.346. The lowest BCUT2D eigenvalue weighted by molar-refractivity contribution is -0.137. The fourth-order valence-electron chi connectivity index (χ4n) is 3.97. The Morgan fingerprint density at radius 3 is 2.06 bits per heavy atom. The molecule has 0 radical (unpaired) electrons. The van der Waals surface area contributed by atoms with Crippen LogP contribution in [-0.2, 0) is 32.1 Å². The van der Waals surface area contributed by atoms with Gasteiger partial charge in [0.25, 0.3) is 0 Å². The van der Waals surface area contributed by atoms with Crippen molar-refractivity contribution < 1.29 is 13.2 Å². The zero-order valence-electron chi connectivity index (χ0n) is 18.6. The Labute approximate surface area is 182 Å². The summed E-state index contributed by atoms with van der Waals surface area (Å²) in [5, 5.41) is 0. The van der Waals surface area contributed by atoms with Gasteiger partial charge in [0.15, 0.2) is 0 Å². The molecule has 2 aromatic carbocycles. The summed E-state index contributed by atoms with van der Waals surface area (Å²) in [6.07, 6.45) is -2.42. The van der Waals surface area contributed by atoms with Gasteiger partial charge in [0.2, 0.25) is 0 Å². The lowest BCUT2D eigenvalue weighted by Gasteiger charge is -2.20. The van der Waals surface area contributed by atoms with E-state index in [0.717, 1.165) is 35.9 Å². The highest BCUT2D eigenvalue weighted by molar-refractivity contribution is 5.68. The SMILES string of the molecule is CCc1cccc(CC)c1-c1ccc(CN(C)Cc2cccc(C(F)(F)F)c2)c(C)n1. The van der Waals surface area contributed by atoms with Crippen LogP contribution in [0.3, 0.4) is 0 Å². The molecule has 0 atom stereocenters. The first-order valence-electron chi connectivity index (χ1n) is 10.6. The second-order valence-electron chi connectivity index (χ2n) is 7.97. The van der Waals surface area contributed by atoms with E-state index in [4.69, 9.17) is 4.98 Å². The highest BCUT2D eigenvalue weighted by atomic mass is 19.4. The maximum atomic E-state index is 13.0. The Bertz CT molecular complexity index is 1020. The van der Waals surface area contributed by atoms with E-state index in [9.17, 15) is 13.2 Å². The predicted octanol–water partition coefficient (Wildman–Crippen LogP) is 6.83. The van der Waals surface area contributed by atoms with Crippen molar-refractivity contribution in [2.24, 2.45) is 0 Å². The molecule has 0 saturated carbocycles. The molecular formula is C26H29F3N2. The zero-order valence-corrected chi connectivity index (χ0v) is 18.6. The van der Waals surface area contributed by atoms with Crippen molar-refractivity contribution in [1.29, 1.82) is 0 Å². The van der Waals surface area contributed by atoms with Crippen LogP contribution in [0.5, 0.6) is 0 Å². The molecule has 31 heavy (non-hydrogen) atoms. The number of pyridine rings is 1. The summed E-state index contributed by atoms with van der Waals surface area (Å²) in [5.41, 5.74) is 6.84. The zero-order chi connectivity index (χ0) is 22.6. The average Bonchev–Trinajstić information content (AvgIpc) is 2.74. The van der Waals surface area contributed by atoms with Crippen LogP contribution in [-0.4, -0.2) is 16.9 Å². The van der Waals surface area contributed by atoms with Crippen molar-refractivity contribution in [1.82, 2.24) is 9.88 Å². The standard InChI is InChI=1S/C26H29F3N2/c1-5-20-10-8-11-21(6-2)25(20)24-14-13-22(18(3)30-24)17-31(4)16-19-9-7-12-23(15-19)26(27,28)29/h7-15H,5-6,16-17H2,1-4H3. The Hall–Kier alpha value is -2.66. The molecule has 0 aliphatic carbocycles. The first-order chi connectivity index (χ1) is 14.7. The van der Waals surface area contributed by atoms with Crippen LogP contribution in [0, 0.1) is 6.92 Å². The highest BCUT2D eigenvalue weighted by Gasteiger charge is 2.30. The minimum absolute atomic E-state index is 0.434. The van der Waals surface area contributed by atoms with Crippen molar-refractivity contribution in [2.45, 2.75) is 52.9 Å². The minimum atomic E-state index is -4.32. The molecule has 0 N–H and O–H groups in total. The molecule has 0 amide bonds. The number of aromatic nitrogens is 1. The third kappa shape index (κ3) is 5.53. The molecule has 0 bridgehead atoms. The lowest BCUT2D eigenvalue weighted by Crippen LogP contribution is -2.18. The molecule has 1 aromatic heterocycles. The summed E-state index contributed by atoms with van der Waals surface area (Å²) in [4.78, 5) is 6.90. The summed E-state index contributed by atoms with van der Waals surface area (Å²) < 4.78 is 38.9. The lowest BCUT2D eigenvalue weighted by atomic mass is 9.94. The van der Waals surface area contributed by atoms with Gasteiger partial charge in [-0.15, -0.1) is 0 Å². The van der Waals surface area contributed by atoms with Crippen LogP contribution < -0.4 is 0 Å². The van der Waals surface area contributed by atoms with Gasteiger partial charge in [0.05, 0.1) is 11.3 Å². The van der Waals surface area contributed by atoms with Crippen LogP contribution in [0.15, 0.2) is 54.6 Å². The molecule has 0 aliphatic heterocycles. The quantitative estimate of drug-likeness (QED) is 0.411. The topological polar surface area (TPSA) is 16.1 Å². The van der Waals surface area contributed by atoms with E-state index in [1.807, 2.05) is 18.9 Å². The van der Waals surface area contributed by atoms with Crippen LogP contribution in [0.4, 0.5) is 13.2 Å². The summed E-state index contributed by atoms with van der Waals surface area (Å²) >= 11 is 0. The third-order valence-electron chi connectivity index (χ3n) is 5.60. The van der Waals surface area contributed by atoms with Gasteiger partial charge in [-0.2, -0.15) is 13.2 Å². The smallest absolute Gasteiger partial charge is 0.298 e. The third-order valence-corrected chi connectivity index (χ3v) is 5.60. The van der Waals surface area contributed by atoms with Crippen LogP contribution in [0.25, 0.3) is 11.3 Å². The van der Waals surface area contributed by atoms with E-state index < -0.39 is 11.7 Å². The fourth-order valence-corrected chi connectivity index (χ4v) is 3.97. The number of halogens is 3. The van der Waals surface area contributed by atoms with E-state index in [-0.39, 0.29) is 0 Å². The summed E-state index contributed by atoms with van der Waals surface area (Å²) in [6, 6.07) is 16.1. The molecule has 1 heterocycles. The van der Waals surface area contributed by atoms with E-state index in [1.165, 1.54) is 28.8 Å². The number of alkyl halides is 3. The number of hydrogen-bond acceptors (Lipinski definition) is 2. The second-order valence-corrected chi connectivity index (χ2v) is 7.97. The number of benzene rings is 2. The van der Waals surface area contributed by atoms with Crippen LogP contribution in [0.2, 0.25) is 0 Å². The Kier molecular flexibility index (Phi) is 7.16. The number of aryl methyl sites for hydroxylation is 3. The van der Waals surface area contributed by atoms with Crippen molar-refractivity contribution in [3.05, 3.63) is 88.1 Å². The van der Waals surface area contributed by atoms with Gasteiger partial charge >= 0.3 is 6.18 Å². The summed E-state index contributed by atoms with van der Waals surface area (Å²) in [7, 11) is 1.91. The van der Waals surface area contributed by atoms with Gasteiger partial charge in [0, 0.05) is 24.3 Å². The maximum Gasteiger partial charge on any atom is 0.416 e. The molecule has 0 spiro atoms. The highest BCUT2D eigenvalue weighted by Crippen LogP contribution is 2.30. The predicted molar refractivity (Wildman–Crippen MR) is 120 cm³/mol. The number of nitrogens with zero attached hydrogens (tertiary/aromatic N) is 2. The second kappa shape index (κ2) is 9.65. The summed E-state index contributed by atoms with van der Waals surface area (Å²) in [6.45, 7) is 7.36. The molecule has 3 rings (SSSR count). The normalized spacial score (nSPS) is 11.9. The first-order valence-corrected chi connectivity index (χ1v) is 10.6. The van der Waals surface area contributed by atoms with Crippen molar-refractivity contribution in [2.75, 3.05) is 7.05 Å². The Morgan fingerprint density at radius 1 is 0.839 bits per heavy atom. The van der Waals surface area contributed by atoms with E-state index in [0.29, 0.717) is 18.7 Å². The molecule has 2 nitrogen and oxygen atoms in total.